The minimum Gasteiger partial charge on any atom is -0.462 e. The van der Waals surface area contributed by atoms with Gasteiger partial charge in [0.15, 0.2) is 12.6 Å². The van der Waals surface area contributed by atoms with E-state index in [4.69, 9.17) is 23.7 Å². The summed E-state index contributed by atoms with van der Waals surface area (Å²) >= 11 is 0. The largest absolute Gasteiger partial charge is 0.462 e. The van der Waals surface area contributed by atoms with Gasteiger partial charge in [0.05, 0.1) is 24.7 Å². The normalized spacial score (nSPS) is 34.6. The van der Waals surface area contributed by atoms with E-state index in [2.05, 4.69) is 13.8 Å². The van der Waals surface area contributed by atoms with Crippen molar-refractivity contribution in [2.75, 3.05) is 0 Å². The molecule has 0 aromatic heterocycles. The Kier molecular flexibility index (Phi) is 18.1. The highest BCUT2D eigenvalue weighted by Gasteiger charge is 2.50. The standard InChI is InChI=1S/C32H60O11/c1-6-9-11-13-15-17-22(8-3)41-24(33)19-23(18-16-14-12-10-7-2)42-32-30(28(37)26(35)21(5)40-32)43-31-29(38)27(36)25(34)20(4)39-31/h20-23,25-32,34-38H,6-19H2,1-5H3. The second-order valence-corrected chi connectivity index (χ2v) is 12.4. The first kappa shape index (κ1) is 38.3. The molecule has 2 saturated heterocycles. The van der Waals surface area contributed by atoms with E-state index in [1.807, 2.05) is 6.92 Å². The zero-order valence-corrected chi connectivity index (χ0v) is 27.0. The van der Waals surface area contributed by atoms with Crippen molar-refractivity contribution in [2.45, 2.75) is 198 Å². The summed E-state index contributed by atoms with van der Waals surface area (Å²) in [7, 11) is 0. The van der Waals surface area contributed by atoms with Gasteiger partial charge < -0.3 is 49.2 Å². The molecule has 0 aromatic rings. The minimum absolute atomic E-state index is 0.00971. The van der Waals surface area contributed by atoms with Crippen LogP contribution in [-0.2, 0) is 28.5 Å². The van der Waals surface area contributed by atoms with Crippen molar-refractivity contribution in [1.82, 2.24) is 0 Å². The molecule has 12 atom stereocenters. The summed E-state index contributed by atoms with van der Waals surface area (Å²) in [6.07, 6.45) is -0.797. The second kappa shape index (κ2) is 20.3. The third-order valence-electron chi connectivity index (χ3n) is 8.62. The quantitative estimate of drug-likeness (QED) is 0.1000. The Morgan fingerprint density at radius 2 is 1.16 bits per heavy atom. The average Bonchev–Trinajstić information content (AvgIpc) is 2.98. The molecule has 254 valence electrons. The van der Waals surface area contributed by atoms with E-state index in [1.165, 1.54) is 26.2 Å². The second-order valence-electron chi connectivity index (χ2n) is 12.4. The highest BCUT2D eigenvalue weighted by molar-refractivity contribution is 5.70. The predicted octanol–water partition coefficient (Wildman–Crippen LogP) is 3.48. The van der Waals surface area contributed by atoms with E-state index >= 15 is 0 Å². The van der Waals surface area contributed by atoms with Crippen LogP contribution in [0.3, 0.4) is 0 Å². The van der Waals surface area contributed by atoms with Gasteiger partial charge in [0.25, 0.3) is 0 Å². The number of unbranched alkanes of at least 4 members (excludes halogenated alkanes) is 8. The maximum atomic E-state index is 13.1. The number of aliphatic hydroxyl groups excluding tert-OH is 5. The van der Waals surface area contributed by atoms with Gasteiger partial charge in [-0.1, -0.05) is 78.6 Å². The van der Waals surface area contributed by atoms with Crippen molar-refractivity contribution in [2.24, 2.45) is 0 Å². The zero-order chi connectivity index (χ0) is 31.9. The first-order chi connectivity index (χ1) is 20.5. The maximum Gasteiger partial charge on any atom is 0.308 e. The van der Waals surface area contributed by atoms with Crippen LogP contribution in [0.4, 0.5) is 0 Å². The zero-order valence-electron chi connectivity index (χ0n) is 27.0. The minimum atomic E-state index is -1.62. The van der Waals surface area contributed by atoms with Gasteiger partial charge in [-0.25, -0.2) is 0 Å². The number of carbonyl (C=O) groups is 1. The van der Waals surface area contributed by atoms with Crippen LogP contribution in [0.1, 0.15) is 125 Å². The Morgan fingerprint density at radius 3 is 1.72 bits per heavy atom. The molecule has 2 fully saturated rings. The lowest BCUT2D eigenvalue weighted by Crippen LogP contribution is -2.63. The molecule has 43 heavy (non-hydrogen) atoms. The fourth-order valence-electron chi connectivity index (χ4n) is 5.66. The Morgan fingerprint density at radius 1 is 0.651 bits per heavy atom. The summed E-state index contributed by atoms with van der Waals surface area (Å²) in [4.78, 5) is 13.1. The molecule has 0 amide bonds. The third kappa shape index (κ3) is 12.4. The Hall–Kier alpha value is -0.890. The van der Waals surface area contributed by atoms with Crippen LogP contribution in [0, 0.1) is 0 Å². The molecule has 0 aliphatic carbocycles. The average molecular weight is 621 g/mol. The molecule has 5 N–H and O–H groups in total. The van der Waals surface area contributed by atoms with Crippen molar-refractivity contribution in [3.8, 4) is 0 Å². The van der Waals surface area contributed by atoms with Crippen molar-refractivity contribution in [3.63, 3.8) is 0 Å². The highest BCUT2D eigenvalue weighted by atomic mass is 16.8. The third-order valence-corrected chi connectivity index (χ3v) is 8.62. The monoisotopic (exact) mass is 620 g/mol. The first-order valence-corrected chi connectivity index (χ1v) is 16.7. The van der Waals surface area contributed by atoms with Gasteiger partial charge in [-0.2, -0.15) is 0 Å². The van der Waals surface area contributed by atoms with Crippen LogP contribution in [0.5, 0.6) is 0 Å². The Labute approximate surface area is 258 Å². The van der Waals surface area contributed by atoms with Crippen molar-refractivity contribution in [3.05, 3.63) is 0 Å². The van der Waals surface area contributed by atoms with Gasteiger partial charge in [0.2, 0.25) is 0 Å². The highest BCUT2D eigenvalue weighted by Crippen LogP contribution is 2.31. The summed E-state index contributed by atoms with van der Waals surface area (Å²) < 4.78 is 29.5. The number of hydrogen-bond acceptors (Lipinski definition) is 11. The fraction of sp³-hybridized carbons (Fsp3) is 0.969. The number of ether oxygens (including phenoxy) is 5. The fourth-order valence-corrected chi connectivity index (χ4v) is 5.66. The summed E-state index contributed by atoms with van der Waals surface area (Å²) in [5.41, 5.74) is 0. The molecule has 0 bridgehead atoms. The lowest BCUT2D eigenvalue weighted by Gasteiger charge is -2.46. The van der Waals surface area contributed by atoms with Crippen LogP contribution < -0.4 is 0 Å². The molecule has 0 spiro atoms. The van der Waals surface area contributed by atoms with Crippen molar-refractivity contribution < 1.29 is 54.0 Å². The van der Waals surface area contributed by atoms with E-state index in [9.17, 15) is 30.3 Å². The molecular formula is C32H60O11. The van der Waals surface area contributed by atoms with Crippen LogP contribution in [0.15, 0.2) is 0 Å². The Bertz CT molecular complexity index is 755. The smallest absolute Gasteiger partial charge is 0.308 e. The molecule has 11 nitrogen and oxygen atoms in total. The predicted molar refractivity (Wildman–Crippen MR) is 160 cm³/mol. The van der Waals surface area contributed by atoms with E-state index in [0.717, 1.165) is 57.8 Å². The lowest BCUT2D eigenvalue weighted by molar-refractivity contribution is -0.366. The number of aliphatic hydroxyl groups is 5. The number of esters is 1. The van der Waals surface area contributed by atoms with E-state index in [-0.39, 0.29) is 18.5 Å². The van der Waals surface area contributed by atoms with Crippen LogP contribution >= 0.6 is 0 Å². The van der Waals surface area contributed by atoms with Crippen molar-refractivity contribution in [1.29, 1.82) is 0 Å². The van der Waals surface area contributed by atoms with E-state index in [0.29, 0.717) is 6.42 Å². The summed E-state index contributed by atoms with van der Waals surface area (Å²) in [5.74, 6) is -0.363. The number of rotatable bonds is 20. The van der Waals surface area contributed by atoms with Gasteiger partial charge in [0, 0.05) is 0 Å². The molecule has 0 aromatic carbocycles. The molecule has 2 rings (SSSR count). The van der Waals surface area contributed by atoms with Gasteiger partial charge in [-0.3, -0.25) is 4.79 Å². The van der Waals surface area contributed by atoms with E-state index < -0.39 is 67.5 Å². The SMILES string of the molecule is CCCCCCCC(CC)OC(=O)CC(CCCCCCC)OC1OC(C)C(O)C(O)C1OC1OC(C)C(O)C(O)C1O. The number of hydrogen-bond donors (Lipinski definition) is 5. The summed E-state index contributed by atoms with van der Waals surface area (Å²) in [5, 5.41) is 52.3. The molecule has 12 unspecified atom stereocenters. The topological polar surface area (TPSA) is 164 Å². The lowest BCUT2D eigenvalue weighted by atomic mass is 9.97. The molecule has 2 heterocycles. The molecule has 2 aliphatic rings. The van der Waals surface area contributed by atoms with Gasteiger partial charge >= 0.3 is 5.97 Å². The van der Waals surface area contributed by atoms with Crippen LogP contribution in [0.2, 0.25) is 0 Å². The summed E-state index contributed by atoms with van der Waals surface area (Å²) in [6.45, 7) is 9.44. The first-order valence-electron chi connectivity index (χ1n) is 16.7. The number of carbonyl (C=O) groups excluding carboxylic acids is 1. The molecule has 11 heteroatoms. The van der Waals surface area contributed by atoms with E-state index in [1.54, 1.807) is 6.92 Å². The van der Waals surface area contributed by atoms with Crippen LogP contribution in [0.25, 0.3) is 0 Å². The van der Waals surface area contributed by atoms with Gasteiger partial charge in [-0.05, 0) is 39.5 Å². The van der Waals surface area contributed by atoms with Gasteiger partial charge in [-0.15, -0.1) is 0 Å². The molecule has 0 radical (unpaired) electrons. The summed E-state index contributed by atoms with van der Waals surface area (Å²) in [6, 6.07) is 0. The van der Waals surface area contributed by atoms with Gasteiger partial charge in [0.1, 0.15) is 42.7 Å². The van der Waals surface area contributed by atoms with Crippen LogP contribution in [-0.4, -0.2) is 105 Å². The Balaban J connectivity index is 2.12. The van der Waals surface area contributed by atoms with Crippen molar-refractivity contribution >= 4 is 5.97 Å². The molecular weight excluding hydrogens is 560 g/mol. The maximum absolute atomic E-state index is 13.1. The molecule has 0 saturated carbocycles. The molecule has 2 aliphatic heterocycles.